The lowest BCUT2D eigenvalue weighted by Crippen LogP contribution is -2.40. The van der Waals surface area contributed by atoms with Crippen LogP contribution in [0.15, 0.2) is 36.7 Å². The molecular formula is C19H19N5O. The van der Waals surface area contributed by atoms with E-state index >= 15 is 0 Å². The first-order valence-electron chi connectivity index (χ1n) is 8.38. The normalized spacial score (nSPS) is 14.7. The molecule has 25 heavy (non-hydrogen) atoms. The molecule has 1 aromatic heterocycles. The van der Waals surface area contributed by atoms with Crippen LogP contribution in [0.5, 0.6) is 0 Å². The molecule has 2 aromatic rings. The maximum atomic E-state index is 12.5. The zero-order chi connectivity index (χ0) is 17.6. The minimum absolute atomic E-state index is 0.0310. The number of benzene rings is 1. The minimum atomic E-state index is -0.0310. The van der Waals surface area contributed by atoms with E-state index in [-0.39, 0.29) is 23.8 Å². The van der Waals surface area contributed by atoms with Crippen LogP contribution in [0.25, 0.3) is 0 Å². The monoisotopic (exact) mass is 333 g/mol. The molecule has 1 aliphatic heterocycles. The summed E-state index contributed by atoms with van der Waals surface area (Å²) >= 11 is 0. The Morgan fingerprint density at radius 1 is 1.16 bits per heavy atom. The predicted octanol–water partition coefficient (Wildman–Crippen LogP) is 2.11. The molecule has 0 aliphatic carbocycles. The van der Waals surface area contributed by atoms with Crippen molar-refractivity contribution in [3.63, 3.8) is 0 Å². The first-order chi connectivity index (χ1) is 12.2. The summed E-state index contributed by atoms with van der Waals surface area (Å²) in [5.74, 6) is 0.566. The van der Waals surface area contributed by atoms with Crippen LogP contribution in [0, 0.1) is 28.6 Å². The third kappa shape index (κ3) is 3.87. The summed E-state index contributed by atoms with van der Waals surface area (Å²) in [6, 6.07) is 14.2. The first kappa shape index (κ1) is 16.7. The molecule has 1 amide bonds. The van der Waals surface area contributed by atoms with Crippen LogP contribution >= 0.6 is 0 Å². The van der Waals surface area contributed by atoms with E-state index < -0.39 is 0 Å². The number of carbonyl (C=O) groups excluding carboxylic acids is 1. The van der Waals surface area contributed by atoms with Gasteiger partial charge in [0.2, 0.25) is 5.91 Å². The fraction of sp³-hybridized carbons (Fsp3) is 0.368. The number of rotatable bonds is 4. The molecule has 1 aliphatic rings. The van der Waals surface area contributed by atoms with Crippen LogP contribution in [0.3, 0.4) is 0 Å². The van der Waals surface area contributed by atoms with E-state index in [1.165, 1.54) is 16.5 Å². The Morgan fingerprint density at radius 2 is 1.88 bits per heavy atom. The number of hydrogen-bond acceptors (Lipinski definition) is 4. The highest BCUT2D eigenvalue weighted by Crippen LogP contribution is 2.22. The lowest BCUT2D eigenvalue weighted by Gasteiger charge is -2.32. The van der Waals surface area contributed by atoms with Gasteiger partial charge in [-0.15, -0.1) is 0 Å². The van der Waals surface area contributed by atoms with Gasteiger partial charge in [0.05, 0.1) is 6.33 Å². The van der Waals surface area contributed by atoms with Crippen molar-refractivity contribution in [2.24, 2.45) is 5.92 Å². The van der Waals surface area contributed by atoms with E-state index in [0.29, 0.717) is 5.92 Å². The summed E-state index contributed by atoms with van der Waals surface area (Å²) in [5, 5.41) is 18.1. The summed E-state index contributed by atoms with van der Waals surface area (Å²) < 4.78 is 1.46. The second-order valence-electron chi connectivity index (χ2n) is 6.31. The average molecular weight is 333 g/mol. The Labute approximate surface area is 146 Å². The van der Waals surface area contributed by atoms with E-state index in [9.17, 15) is 4.79 Å². The summed E-state index contributed by atoms with van der Waals surface area (Å²) in [4.78, 5) is 18.2. The van der Waals surface area contributed by atoms with Crippen molar-refractivity contribution >= 4 is 5.91 Å². The van der Waals surface area contributed by atoms with Gasteiger partial charge >= 0.3 is 0 Å². The van der Waals surface area contributed by atoms with Gasteiger partial charge < -0.3 is 9.47 Å². The lowest BCUT2D eigenvalue weighted by molar-refractivity contribution is -0.133. The fourth-order valence-corrected chi connectivity index (χ4v) is 3.28. The van der Waals surface area contributed by atoms with Gasteiger partial charge in [-0.2, -0.15) is 10.5 Å². The number of imidazole rings is 1. The molecule has 0 bridgehead atoms. The fourth-order valence-electron chi connectivity index (χ4n) is 3.28. The zero-order valence-electron chi connectivity index (χ0n) is 13.9. The summed E-state index contributed by atoms with van der Waals surface area (Å²) in [6.45, 7) is 1.52. The molecule has 0 spiro atoms. The summed E-state index contributed by atoms with van der Waals surface area (Å²) in [6.07, 6.45) is 4.41. The van der Waals surface area contributed by atoms with E-state index in [1.54, 1.807) is 0 Å². The molecule has 6 heteroatoms. The summed E-state index contributed by atoms with van der Waals surface area (Å²) in [7, 11) is 0. The zero-order valence-corrected chi connectivity index (χ0v) is 13.9. The van der Waals surface area contributed by atoms with Gasteiger partial charge in [-0.25, -0.2) is 4.98 Å². The molecule has 126 valence electrons. The number of nitrogens with zero attached hydrogens (tertiary/aromatic N) is 5. The minimum Gasteiger partial charge on any atom is -0.341 e. The Hall–Kier alpha value is -3.12. The first-order valence-corrected chi connectivity index (χ1v) is 8.38. The van der Waals surface area contributed by atoms with E-state index in [1.807, 2.05) is 23.1 Å². The van der Waals surface area contributed by atoms with Gasteiger partial charge in [0.15, 0.2) is 11.4 Å². The third-order valence-electron chi connectivity index (χ3n) is 4.69. The molecule has 0 radical (unpaired) electrons. The van der Waals surface area contributed by atoms with E-state index in [0.717, 1.165) is 32.4 Å². The highest BCUT2D eigenvalue weighted by atomic mass is 16.2. The number of likely N-dealkylation sites (tertiary alicyclic amines) is 1. The van der Waals surface area contributed by atoms with E-state index in [4.69, 9.17) is 10.5 Å². The Balaban J connectivity index is 1.55. The third-order valence-corrected chi connectivity index (χ3v) is 4.69. The number of nitriles is 2. The van der Waals surface area contributed by atoms with Crippen LogP contribution in [-0.2, 0) is 17.8 Å². The van der Waals surface area contributed by atoms with Crippen molar-refractivity contribution < 1.29 is 4.79 Å². The Morgan fingerprint density at radius 3 is 2.52 bits per heavy atom. The van der Waals surface area contributed by atoms with Crippen molar-refractivity contribution in [1.82, 2.24) is 14.5 Å². The molecule has 1 fully saturated rings. The number of amides is 1. The largest absolute Gasteiger partial charge is 0.341 e. The molecule has 0 saturated carbocycles. The van der Waals surface area contributed by atoms with Crippen molar-refractivity contribution in [3.8, 4) is 12.1 Å². The molecule has 2 heterocycles. The van der Waals surface area contributed by atoms with Gasteiger partial charge in [0, 0.05) is 13.1 Å². The van der Waals surface area contributed by atoms with Gasteiger partial charge in [-0.3, -0.25) is 4.79 Å². The number of carbonyl (C=O) groups is 1. The van der Waals surface area contributed by atoms with Crippen molar-refractivity contribution in [1.29, 1.82) is 10.5 Å². The van der Waals surface area contributed by atoms with Gasteiger partial charge in [0.25, 0.3) is 0 Å². The van der Waals surface area contributed by atoms with Crippen LogP contribution in [-0.4, -0.2) is 33.4 Å². The molecule has 1 saturated heterocycles. The molecule has 6 nitrogen and oxygen atoms in total. The van der Waals surface area contributed by atoms with Crippen LogP contribution < -0.4 is 0 Å². The van der Waals surface area contributed by atoms with Gasteiger partial charge in [-0.05, 0) is 30.7 Å². The van der Waals surface area contributed by atoms with Crippen LogP contribution in [0.1, 0.15) is 29.8 Å². The Bertz CT molecular complexity index is 820. The summed E-state index contributed by atoms with van der Waals surface area (Å²) in [5.41, 5.74) is 1.56. The number of hydrogen-bond donors (Lipinski definition) is 0. The maximum Gasteiger partial charge on any atom is 0.242 e. The lowest BCUT2D eigenvalue weighted by atomic mass is 9.90. The maximum absolute atomic E-state index is 12.5. The Kier molecular flexibility index (Phi) is 5.11. The quantitative estimate of drug-likeness (QED) is 0.857. The molecule has 1 aromatic carbocycles. The van der Waals surface area contributed by atoms with Crippen LogP contribution in [0.4, 0.5) is 0 Å². The SMILES string of the molecule is N#Cc1ncn(CC(=O)N2CCC(Cc3ccccc3)CC2)c1C#N. The highest BCUT2D eigenvalue weighted by Gasteiger charge is 2.24. The predicted molar refractivity (Wildman–Crippen MR) is 91.1 cm³/mol. The molecule has 0 atom stereocenters. The second kappa shape index (κ2) is 7.63. The smallest absolute Gasteiger partial charge is 0.242 e. The average Bonchev–Trinajstić information content (AvgIpc) is 3.04. The van der Waals surface area contributed by atoms with Crippen LogP contribution in [0.2, 0.25) is 0 Å². The standard InChI is InChI=1S/C19H19N5O/c20-11-17-18(12-21)24(14-22-17)13-19(25)23-8-6-16(7-9-23)10-15-4-2-1-3-5-15/h1-5,14,16H,6-10,13H2. The van der Waals surface area contributed by atoms with E-state index in [2.05, 4.69) is 29.2 Å². The van der Waals surface area contributed by atoms with Crippen molar-refractivity contribution in [2.45, 2.75) is 25.8 Å². The number of aromatic nitrogens is 2. The van der Waals surface area contributed by atoms with Crippen molar-refractivity contribution in [2.75, 3.05) is 13.1 Å². The molecular weight excluding hydrogens is 314 g/mol. The van der Waals surface area contributed by atoms with Gasteiger partial charge in [-0.1, -0.05) is 30.3 Å². The molecule has 0 N–H and O–H groups in total. The van der Waals surface area contributed by atoms with Gasteiger partial charge in [0.1, 0.15) is 18.7 Å². The highest BCUT2D eigenvalue weighted by molar-refractivity contribution is 5.76. The number of piperidine rings is 1. The molecule has 0 unspecified atom stereocenters. The van der Waals surface area contributed by atoms with Crippen molar-refractivity contribution in [3.05, 3.63) is 53.6 Å². The molecule has 3 rings (SSSR count). The second-order valence-corrected chi connectivity index (χ2v) is 6.31. The topological polar surface area (TPSA) is 85.7 Å².